The molecule has 3 rings (SSSR count). The van der Waals surface area contributed by atoms with Crippen molar-refractivity contribution in [2.45, 2.75) is 17.9 Å². The minimum atomic E-state index is -0.769. The summed E-state index contributed by atoms with van der Waals surface area (Å²) in [5, 5.41) is 11.3. The molecule has 1 aliphatic rings. The molecule has 2 aromatic carbocycles. The van der Waals surface area contributed by atoms with E-state index in [1.165, 1.54) is 5.56 Å². The van der Waals surface area contributed by atoms with Crippen molar-refractivity contribution < 1.29 is 5.11 Å². The smallest absolute Gasteiger partial charge is 0.0989 e. The second kappa shape index (κ2) is 5.39. The molecule has 0 radical (unpaired) electrons. The normalized spacial score (nSPS) is 27.4. The Labute approximate surface area is 120 Å². The molecule has 1 heterocycles. The molecule has 20 heavy (non-hydrogen) atoms. The standard InChI is InChI=1S/C18H21NO/c1-19-13-12-18(20,16-10-6-3-7-11-16)17(14-19)15-8-4-2-5-9-15/h2-11,17,20H,12-14H2,1H3/t17-,18-/m0/s1. The first-order valence-electron chi connectivity index (χ1n) is 7.21. The van der Waals surface area contributed by atoms with Gasteiger partial charge in [0, 0.05) is 19.0 Å². The molecule has 2 aromatic rings. The molecule has 1 aliphatic heterocycles. The Hall–Kier alpha value is -1.64. The predicted molar refractivity (Wildman–Crippen MR) is 81.6 cm³/mol. The van der Waals surface area contributed by atoms with E-state index in [-0.39, 0.29) is 5.92 Å². The maximum atomic E-state index is 11.3. The van der Waals surface area contributed by atoms with Crippen molar-refractivity contribution in [3.05, 3.63) is 71.8 Å². The third kappa shape index (κ3) is 2.37. The summed E-state index contributed by atoms with van der Waals surface area (Å²) >= 11 is 0. The molecule has 0 aliphatic carbocycles. The Kier molecular flexibility index (Phi) is 3.60. The van der Waals surface area contributed by atoms with Crippen LogP contribution < -0.4 is 0 Å². The predicted octanol–water partition coefficient (Wildman–Crippen LogP) is 2.99. The summed E-state index contributed by atoms with van der Waals surface area (Å²) in [7, 11) is 2.13. The average molecular weight is 267 g/mol. The zero-order valence-electron chi connectivity index (χ0n) is 11.9. The zero-order valence-corrected chi connectivity index (χ0v) is 11.9. The van der Waals surface area contributed by atoms with Crippen LogP contribution in [-0.2, 0) is 5.60 Å². The van der Waals surface area contributed by atoms with Crippen molar-refractivity contribution in [3.63, 3.8) is 0 Å². The summed E-state index contributed by atoms with van der Waals surface area (Å²) in [4.78, 5) is 2.30. The van der Waals surface area contributed by atoms with Gasteiger partial charge in [-0.2, -0.15) is 0 Å². The zero-order chi connectivity index (χ0) is 14.0. The fourth-order valence-corrected chi connectivity index (χ4v) is 3.23. The fourth-order valence-electron chi connectivity index (χ4n) is 3.23. The Morgan fingerprint density at radius 2 is 1.60 bits per heavy atom. The number of likely N-dealkylation sites (N-methyl/N-ethyl adjacent to an activating group) is 1. The van der Waals surface area contributed by atoms with E-state index >= 15 is 0 Å². The Balaban J connectivity index is 2.03. The van der Waals surface area contributed by atoms with Crippen LogP contribution in [0.15, 0.2) is 60.7 Å². The molecule has 0 aromatic heterocycles. The second-order valence-corrected chi connectivity index (χ2v) is 5.77. The van der Waals surface area contributed by atoms with Crippen LogP contribution in [0, 0.1) is 0 Å². The number of rotatable bonds is 2. The van der Waals surface area contributed by atoms with Gasteiger partial charge in [0.1, 0.15) is 0 Å². The van der Waals surface area contributed by atoms with Gasteiger partial charge in [-0.05, 0) is 24.6 Å². The molecule has 0 saturated carbocycles. The molecule has 0 spiro atoms. The van der Waals surface area contributed by atoms with Crippen LogP contribution in [0.5, 0.6) is 0 Å². The van der Waals surface area contributed by atoms with Crippen molar-refractivity contribution in [1.82, 2.24) is 4.90 Å². The summed E-state index contributed by atoms with van der Waals surface area (Å²) in [5.41, 5.74) is 1.47. The molecule has 2 nitrogen and oxygen atoms in total. The summed E-state index contributed by atoms with van der Waals surface area (Å²) in [6.07, 6.45) is 0.771. The van der Waals surface area contributed by atoms with E-state index in [0.717, 1.165) is 25.1 Å². The molecule has 1 fully saturated rings. The lowest BCUT2D eigenvalue weighted by molar-refractivity contribution is -0.0418. The van der Waals surface area contributed by atoms with Gasteiger partial charge in [0.15, 0.2) is 0 Å². The number of hydrogen-bond donors (Lipinski definition) is 1. The van der Waals surface area contributed by atoms with E-state index in [1.54, 1.807) is 0 Å². The molecular formula is C18H21NO. The van der Waals surface area contributed by atoms with E-state index in [4.69, 9.17) is 0 Å². The van der Waals surface area contributed by atoms with Crippen molar-refractivity contribution >= 4 is 0 Å². The number of likely N-dealkylation sites (tertiary alicyclic amines) is 1. The number of nitrogens with zero attached hydrogens (tertiary/aromatic N) is 1. The SMILES string of the molecule is CN1CC[C@](O)(c2ccccc2)[C@H](c2ccccc2)C1. The molecule has 2 atom stereocenters. The van der Waals surface area contributed by atoms with Crippen molar-refractivity contribution in [2.75, 3.05) is 20.1 Å². The van der Waals surface area contributed by atoms with Crippen LogP contribution in [0.1, 0.15) is 23.5 Å². The molecule has 2 heteroatoms. The van der Waals surface area contributed by atoms with Gasteiger partial charge in [-0.15, -0.1) is 0 Å². The van der Waals surface area contributed by atoms with Gasteiger partial charge in [0.2, 0.25) is 0 Å². The van der Waals surface area contributed by atoms with Gasteiger partial charge in [-0.25, -0.2) is 0 Å². The molecular weight excluding hydrogens is 246 g/mol. The van der Waals surface area contributed by atoms with Gasteiger partial charge in [-0.3, -0.25) is 0 Å². The maximum absolute atomic E-state index is 11.3. The van der Waals surface area contributed by atoms with Crippen LogP contribution in [0.3, 0.4) is 0 Å². The lowest BCUT2D eigenvalue weighted by Gasteiger charge is -2.44. The second-order valence-electron chi connectivity index (χ2n) is 5.77. The topological polar surface area (TPSA) is 23.5 Å². The Bertz CT molecular complexity index is 554. The highest BCUT2D eigenvalue weighted by Gasteiger charge is 2.42. The Morgan fingerprint density at radius 1 is 1.00 bits per heavy atom. The highest BCUT2D eigenvalue weighted by atomic mass is 16.3. The third-order valence-corrected chi connectivity index (χ3v) is 4.42. The van der Waals surface area contributed by atoms with Crippen LogP contribution in [0.2, 0.25) is 0 Å². The first-order chi connectivity index (χ1) is 9.70. The first-order valence-corrected chi connectivity index (χ1v) is 7.21. The van der Waals surface area contributed by atoms with Crippen LogP contribution in [0.4, 0.5) is 0 Å². The lowest BCUT2D eigenvalue weighted by atomic mass is 9.73. The van der Waals surface area contributed by atoms with E-state index in [1.807, 2.05) is 36.4 Å². The number of benzene rings is 2. The molecule has 0 unspecified atom stereocenters. The molecule has 104 valence electrons. The molecule has 0 amide bonds. The summed E-state index contributed by atoms with van der Waals surface area (Å²) < 4.78 is 0. The van der Waals surface area contributed by atoms with E-state index < -0.39 is 5.60 Å². The monoisotopic (exact) mass is 267 g/mol. The first kappa shape index (κ1) is 13.3. The maximum Gasteiger partial charge on any atom is 0.0989 e. The van der Waals surface area contributed by atoms with Crippen molar-refractivity contribution in [3.8, 4) is 0 Å². The minimum Gasteiger partial charge on any atom is -0.384 e. The summed E-state index contributed by atoms with van der Waals surface area (Å²) in [5.74, 6) is 0.116. The Morgan fingerprint density at radius 3 is 2.25 bits per heavy atom. The molecule has 1 saturated heterocycles. The highest BCUT2D eigenvalue weighted by Crippen LogP contribution is 2.42. The largest absolute Gasteiger partial charge is 0.384 e. The quantitative estimate of drug-likeness (QED) is 0.904. The van der Waals surface area contributed by atoms with Crippen LogP contribution in [-0.4, -0.2) is 30.1 Å². The lowest BCUT2D eigenvalue weighted by Crippen LogP contribution is -2.47. The summed E-state index contributed by atoms with van der Waals surface area (Å²) in [6, 6.07) is 20.5. The van der Waals surface area contributed by atoms with E-state index in [2.05, 4.69) is 36.2 Å². The fraction of sp³-hybridized carbons (Fsp3) is 0.333. The highest BCUT2D eigenvalue weighted by molar-refractivity contribution is 5.32. The number of piperidine rings is 1. The summed E-state index contributed by atoms with van der Waals surface area (Å²) in [6.45, 7) is 1.81. The van der Waals surface area contributed by atoms with Crippen molar-refractivity contribution in [2.24, 2.45) is 0 Å². The van der Waals surface area contributed by atoms with Gasteiger partial charge in [-0.1, -0.05) is 60.7 Å². The number of aliphatic hydroxyl groups is 1. The molecule has 1 N–H and O–H groups in total. The number of hydrogen-bond acceptors (Lipinski definition) is 2. The van der Waals surface area contributed by atoms with Crippen LogP contribution >= 0.6 is 0 Å². The van der Waals surface area contributed by atoms with Gasteiger partial charge < -0.3 is 10.0 Å². The van der Waals surface area contributed by atoms with Crippen molar-refractivity contribution in [1.29, 1.82) is 0 Å². The van der Waals surface area contributed by atoms with E-state index in [9.17, 15) is 5.11 Å². The van der Waals surface area contributed by atoms with Gasteiger partial charge in [0.05, 0.1) is 5.60 Å². The molecule has 0 bridgehead atoms. The minimum absolute atomic E-state index is 0.116. The third-order valence-electron chi connectivity index (χ3n) is 4.42. The van der Waals surface area contributed by atoms with Gasteiger partial charge in [0.25, 0.3) is 0 Å². The van der Waals surface area contributed by atoms with Gasteiger partial charge >= 0.3 is 0 Å². The van der Waals surface area contributed by atoms with Crippen LogP contribution in [0.25, 0.3) is 0 Å². The van der Waals surface area contributed by atoms with E-state index in [0.29, 0.717) is 0 Å². The average Bonchev–Trinajstić information content (AvgIpc) is 2.51.